The maximum absolute atomic E-state index is 6.13. The predicted molar refractivity (Wildman–Crippen MR) is 70.4 cm³/mol. The molecule has 0 amide bonds. The molecule has 1 aromatic heterocycles. The molecule has 1 aromatic rings. The molecule has 0 aliphatic heterocycles. The fourth-order valence-corrected chi connectivity index (χ4v) is 1.98. The lowest BCUT2D eigenvalue weighted by Gasteiger charge is -2.28. The van der Waals surface area contributed by atoms with Gasteiger partial charge >= 0.3 is 0 Å². The van der Waals surface area contributed by atoms with Crippen molar-refractivity contribution >= 4 is 29.0 Å². The number of nitrogens with two attached hydrogens (primary N) is 1. The summed E-state index contributed by atoms with van der Waals surface area (Å²) in [6.07, 6.45) is 2.53. The van der Waals surface area contributed by atoms with Gasteiger partial charge in [0.25, 0.3) is 0 Å². The van der Waals surface area contributed by atoms with Gasteiger partial charge in [0.1, 0.15) is 5.82 Å². The number of hydrogen-bond donors (Lipinski definition) is 1. The van der Waals surface area contributed by atoms with E-state index in [0.717, 1.165) is 18.8 Å². The minimum atomic E-state index is 0.331. The Labute approximate surface area is 107 Å². The van der Waals surface area contributed by atoms with Gasteiger partial charge in [0.05, 0.1) is 10.0 Å². The van der Waals surface area contributed by atoms with Crippen LogP contribution in [0.3, 0.4) is 0 Å². The van der Waals surface area contributed by atoms with Crippen molar-refractivity contribution in [3.05, 3.63) is 22.3 Å². The minimum Gasteiger partial charge on any atom is -0.353 e. The summed E-state index contributed by atoms with van der Waals surface area (Å²) in [6, 6.07) is 2.04. The highest BCUT2D eigenvalue weighted by Gasteiger charge is 2.14. The molecule has 0 unspecified atom stereocenters. The molecular formula is C11H17Cl2N3. The van der Waals surface area contributed by atoms with Crippen molar-refractivity contribution in [2.45, 2.75) is 26.3 Å². The first-order chi connectivity index (χ1) is 7.56. The summed E-state index contributed by atoms with van der Waals surface area (Å²) in [4.78, 5) is 6.40. The van der Waals surface area contributed by atoms with Crippen LogP contribution in [0.5, 0.6) is 0 Å². The summed E-state index contributed by atoms with van der Waals surface area (Å²) < 4.78 is 0. The Morgan fingerprint density at radius 1 is 1.44 bits per heavy atom. The van der Waals surface area contributed by atoms with E-state index in [2.05, 4.69) is 23.7 Å². The molecule has 0 saturated carbocycles. The van der Waals surface area contributed by atoms with Gasteiger partial charge in [-0.1, -0.05) is 23.2 Å². The number of hydrogen-bond acceptors (Lipinski definition) is 3. The molecule has 0 saturated heterocycles. The molecule has 3 nitrogen and oxygen atoms in total. The first-order valence-corrected chi connectivity index (χ1v) is 6.09. The third-order valence-electron chi connectivity index (χ3n) is 2.29. The number of aromatic nitrogens is 1. The summed E-state index contributed by atoms with van der Waals surface area (Å²) in [5.41, 5.74) is 5.52. The van der Waals surface area contributed by atoms with Gasteiger partial charge < -0.3 is 10.6 Å². The van der Waals surface area contributed by atoms with Gasteiger partial charge in [-0.05, 0) is 32.9 Å². The first kappa shape index (κ1) is 13.6. The van der Waals surface area contributed by atoms with Crippen LogP contribution in [0.1, 0.15) is 20.3 Å². The largest absolute Gasteiger partial charge is 0.353 e. The van der Waals surface area contributed by atoms with Crippen LogP contribution < -0.4 is 10.6 Å². The van der Waals surface area contributed by atoms with Crippen molar-refractivity contribution in [2.24, 2.45) is 5.73 Å². The van der Waals surface area contributed by atoms with Crippen molar-refractivity contribution in [1.29, 1.82) is 0 Å². The van der Waals surface area contributed by atoms with Crippen molar-refractivity contribution in [3.8, 4) is 0 Å². The zero-order valence-corrected chi connectivity index (χ0v) is 11.1. The van der Waals surface area contributed by atoms with Crippen LogP contribution in [0.15, 0.2) is 12.3 Å². The van der Waals surface area contributed by atoms with Crippen LogP contribution >= 0.6 is 23.2 Å². The average Bonchev–Trinajstić information content (AvgIpc) is 2.20. The predicted octanol–water partition coefficient (Wildman–Crippen LogP) is 2.95. The second kappa shape index (κ2) is 6.28. The smallest absolute Gasteiger partial charge is 0.147 e. The Kier molecular flexibility index (Phi) is 5.32. The minimum absolute atomic E-state index is 0.331. The third-order valence-corrected chi connectivity index (χ3v) is 2.77. The molecule has 16 heavy (non-hydrogen) atoms. The Balaban J connectivity index is 2.92. The van der Waals surface area contributed by atoms with Crippen molar-refractivity contribution < 1.29 is 0 Å². The quantitative estimate of drug-likeness (QED) is 0.887. The van der Waals surface area contributed by atoms with E-state index in [4.69, 9.17) is 28.9 Å². The molecule has 0 fully saturated rings. The molecule has 0 atom stereocenters. The Morgan fingerprint density at radius 2 is 2.12 bits per heavy atom. The number of rotatable bonds is 5. The molecule has 5 heteroatoms. The highest BCUT2D eigenvalue weighted by Crippen LogP contribution is 2.27. The third kappa shape index (κ3) is 3.51. The summed E-state index contributed by atoms with van der Waals surface area (Å²) >= 11 is 11.9. The lowest BCUT2D eigenvalue weighted by Crippen LogP contribution is -2.33. The molecular weight excluding hydrogens is 245 g/mol. The lowest BCUT2D eigenvalue weighted by atomic mass is 10.2. The number of halogens is 2. The van der Waals surface area contributed by atoms with Crippen LogP contribution in [-0.2, 0) is 0 Å². The SMILES string of the molecule is CC(C)N(CCCN)c1ncc(Cl)cc1Cl. The zero-order chi connectivity index (χ0) is 12.1. The molecule has 0 aromatic carbocycles. The molecule has 2 N–H and O–H groups in total. The van der Waals surface area contributed by atoms with E-state index in [0.29, 0.717) is 22.6 Å². The van der Waals surface area contributed by atoms with Crippen LogP contribution in [0.25, 0.3) is 0 Å². The van der Waals surface area contributed by atoms with Crippen molar-refractivity contribution in [2.75, 3.05) is 18.0 Å². The van der Waals surface area contributed by atoms with Crippen molar-refractivity contribution in [3.63, 3.8) is 0 Å². The Hall–Kier alpha value is -0.510. The summed E-state index contributed by atoms with van der Waals surface area (Å²) in [6.45, 7) is 5.71. The molecule has 0 radical (unpaired) electrons. The van der Waals surface area contributed by atoms with E-state index >= 15 is 0 Å². The van der Waals surface area contributed by atoms with E-state index in [1.165, 1.54) is 0 Å². The lowest BCUT2D eigenvalue weighted by molar-refractivity contribution is 0.649. The summed E-state index contributed by atoms with van der Waals surface area (Å²) in [7, 11) is 0. The second-order valence-electron chi connectivity index (χ2n) is 3.89. The molecule has 0 aliphatic carbocycles. The van der Waals surface area contributed by atoms with Crippen molar-refractivity contribution in [1.82, 2.24) is 4.98 Å². The highest BCUT2D eigenvalue weighted by molar-refractivity contribution is 6.36. The molecule has 0 spiro atoms. The standard InChI is InChI=1S/C11H17Cl2N3/c1-8(2)16(5-3-4-14)11-10(13)6-9(12)7-15-11/h6-8H,3-5,14H2,1-2H3. The first-order valence-electron chi connectivity index (χ1n) is 5.34. The van der Waals surface area contributed by atoms with Gasteiger partial charge in [0.2, 0.25) is 0 Å². The van der Waals surface area contributed by atoms with Crippen LogP contribution in [0.4, 0.5) is 5.82 Å². The van der Waals surface area contributed by atoms with Gasteiger partial charge in [-0.15, -0.1) is 0 Å². The fourth-order valence-electron chi connectivity index (χ4n) is 1.49. The van der Waals surface area contributed by atoms with E-state index in [1.807, 2.05) is 0 Å². The van der Waals surface area contributed by atoms with Crippen LogP contribution in [0.2, 0.25) is 10.0 Å². The van der Waals surface area contributed by atoms with E-state index in [1.54, 1.807) is 12.3 Å². The molecule has 0 bridgehead atoms. The van der Waals surface area contributed by atoms with Gasteiger partial charge in [-0.25, -0.2) is 4.98 Å². The molecule has 0 aliphatic rings. The highest BCUT2D eigenvalue weighted by atomic mass is 35.5. The van der Waals surface area contributed by atoms with E-state index < -0.39 is 0 Å². The van der Waals surface area contributed by atoms with Crippen LogP contribution in [0, 0.1) is 0 Å². The Bertz CT molecular complexity index is 342. The Morgan fingerprint density at radius 3 is 2.62 bits per heavy atom. The van der Waals surface area contributed by atoms with Gasteiger partial charge in [0, 0.05) is 18.8 Å². The summed E-state index contributed by atoms with van der Waals surface area (Å²) in [5, 5.41) is 1.13. The second-order valence-corrected chi connectivity index (χ2v) is 4.73. The van der Waals surface area contributed by atoms with E-state index in [-0.39, 0.29) is 0 Å². The molecule has 1 heterocycles. The van der Waals surface area contributed by atoms with Crippen LogP contribution in [-0.4, -0.2) is 24.1 Å². The number of anilines is 1. The monoisotopic (exact) mass is 261 g/mol. The maximum Gasteiger partial charge on any atom is 0.147 e. The molecule has 90 valence electrons. The summed E-state index contributed by atoms with van der Waals surface area (Å²) in [5.74, 6) is 0.773. The fraction of sp³-hybridized carbons (Fsp3) is 0.545. The number of pyridine rings is 1. The van der Waals surface area contributed by atoms with Gasteiger partial charge in [0.15, 0.2) is 0 Å². The zero-order valence-electron chi connectivity index (χ0n) is 9.58. The average molecular weight is 262 g/mol. The van der Waals surface area contributed by atoms with Gasteiger partial charge in [-0.3, -0.25) is 0 Å². The normalized spacial score (nSPS) is 10.9. The topological polar surface area (TPSA) is 42.1 Å². The van der Waals surface area contributed by atoms with Gasteiger partial charge in [-0.2, -0.15) is 0 Å². The number of nitrogens with zero attached hydrogens (tertiary/aromatic N) is 2. The van der Waals surface area contributed by atoms with E-state index in [9.17, 15) is 0 Å². The maximum atomic E-state index is 6.13. The molecule has 1 rings (SSSR count).